The SMILES string of the molecule is COc1cc(Br)ccc1C(=O)NCC(N)C(C)C. The molecular formula is C13H19BrN2O2. The molecule has 5 heteroatoms. The van der Waals surface area contributed by atoms with Gasteiger partial charge in [-0.3, -0.25) is 4.79 Å². The first-order chi connectivity index (χ1) is 8.45. The van der Waals surface area contributed by atoms with E-state index >= 15 is 0 Å². The summed E-state index contributed by atoms with van der Waals surface area (Å²) in [5, 5.41) is 2.81. The molecule has 0 aliphatic rings. The Balaban J connectivity index is 2.72. The summed E-state index contributed by atoms with van der Waals surface area (Å²) in [7, 11) is 1.54. The van der Waals surface area contributed by atoms with Gasteiger partial charge in [0.05, 0.1) is 12.7 Å². The molecular weight excluding hydrogens is 296 g/mol. The van der Waals surface area contributed by atoms with Gasteiger partial charge in [0.1, 0.15) is 5.75 Å². The lowest BCUT2D eigenvalue weighted by Gasteiger charge is -2.16. The summed E-state index contributed by atoms with van der Waals surface area (Å²) in [5.74, 6) is 0.701. The molecule has 0 bridgehead atoms. The Morgan fingerprint density at radius 1 is 1.50 bits per heavy atom. The summed E-state index contributed by atoms with van der Waals surface area (Å²) in [6.45, 7) is 4.50. The van der Waals surface area contributed by atoms with Crippen molar-refractivity contribution in [3.8, 4) is 5.75 Å². The molecule has 4 nitrogen and oxygen atoms in total. The molecule has 0 aliphatic carbocycles. The Labute approximate surface area is 116 Å². The first-order valence-corrected chi connectivity index (χ1v) is 6.62. The van der Waals surface area contributed by atoms with Gasteiger partial charge < -0.3 is 15.8 Å². The van der Waals surface area contributed by atoms with Crippen LogP contribution in [0.5, 0.6) is 5.75 Å². The molecule has 1 unspecified atom stereocenters. The zero-order chi connectivity index (χ0) is 13.7. The fourth-order valence-electron chi connectivity index (χ4n) is 1.39. The third kappa shape index (κ3) is 3.99. The molecule has 0 saturated heterocycles. The second kappa shape index (κ2) is 6.75. The largest absolute Gasteiger partial charge is 0.496 e. The maximum atomic E-state index is 12.0. The minimum absolute atomic E-state index is 0.0459. The van der Waals surface area contributed by atoms with Gasteiger partial charge >= 0.3 is 0 Å². The highest BCUT2D eigenvalue weighted by atomic mass is 79.9. The van der Waals surface area contributed by atoms with E-state index in [1.54, 1.807) is 25.3 Å². The molecule has 0 heterocycles. The number of amides is 1. The molecule has 0 aromatic heterocycles. The van der Waals surface area contributed by atoms with E-state index in [1.165, 1.54) is 0 Å². The highest BCUT2D eigenvalue weighted by Gasteiger charge is 2.14. The van der Waals surface area contributed by atoms with Crippen molar-refractivity contribution >= 4 is 21.8 Å². The van der Waals surface area contributed by atoms with Crippen LogP contribution in [0.3, 0.4) is 0 Å². The first kappa shape index (κ1) is 15.0. The molecule has 1 aromatic rings. The molecule has 0 fully saturated rings. The molecule has 0 spiro atoms. The van der Waals surface area contributed by atoms with E-state index in [9.17, 15) is 4.79 Å². The van der Waals surface area contributed by atoms with E-state index in [-0.39, 0.29) is 11.9 Å². The van der Waals surface area contributed by atoms with Crippen molar-refractivity contribution in [3.05, 3.63) is 28.2 Å². The van der Waals surface area contributed by atoms with E-state index in [2.05, 4.69) is 21.2 Å². The third-order valence-corrected chi connectivity index (χ3v) is 3.26. The highest BCUT2D eigenvalue weighted by Crippen LogP contribution is 2.23. The topological polar surface area (TPSA) is 64.3 Å². The number of ether oxygens (including phenoxy) is 1. The lowest BCUT2D eigenvalue weighted by Crippen LogP contribution is -2.40. The van der Waals surface area contributed by atoms with Crippen LogP contribution in [0.2, 0.25) is 0 Å². The Bertz CT molecular complexity index is 421. The summed E-state index contributed by atoms with van der Waals surface area (Å²) in [5.41, 5.74) is 6.39. The molecule has 1 atom stereocenters. The Morgan fingerprint density at radius 2 is 2.17 bits per heavy atom. The Kier molecular flexibility index (Phi) is 5.62. The molecule has 1 amide bonds. The molecule has 3 N–H and O–H groups in total. The van der Waals surface area contributed by atoms with Crippen LogP contribution in [0.25, 0.3) is 0 Å². The van der Waals surface area contributed by atoms with Crippen molar-refractivity contribution in [1.82, 2.24) is 5.32 Å². The lowest BCUT2D eigenvalue weighted by atomic mass is 10.1. The van der Waals surface area contributed by atoms with Gasteiger partial charge in [0, 0.05) is 17.1 Å². The highest BCUT2D eigenvalue weighted by molar-refractivity contribution is 9.10. The number of carbonyl (C=O) groups is 1. The van der Waals surface area contributed by atoms with E-state index in [1.807, 2.05) is 13.8 Å². The number of nitrogens with two attached hydrogens (primary N) is 1. The monoisotopic (exact) mass is 314 g/mol. The van der Waals surface area contributed by atoms with Gasteiger partial charge in [-0.25, -0.2) is 0 Å². The van der Waals surface area contributed by atoms with Crippen LogP contribution in [0.1, 0.15) is 24.2 Å². The summed E-state index contributed by atoms with van der Waals surface area (Å²) in [6, 6.07) is 5.24. The zero-order valence-corrected chi connectivity index (χ0v) is 12.5. The maximum absolute atomic E-state index is 12.0. The number of rotatable bonds is 5. The van der Waals surface area contributed by atoms with Crippen molar-refractivity contribution in [1.29, 1.82) is 0 Å². The summed E-state index contributed by atoms with van der Waals surface area (Å²) in [4.78, 5) is 12.0. The van der Waals surface area contributed by atoms with Crippen molar-refractivity contribution in [2.45, 2.75) is 19.9 Å². The minimum atomic E-state index is -0.171. The van der Waals surface area contributed by atoms with Crippen LogP contribution in [-0.2, 0) is 0 Å². The maximum Gasteiger partial charge on any atom is 0.255 e. The predicted octanol–water partition coefficient (Wildman–Crippen LogP) is 2.17. The number of nitrogens with one attached hydrogen (secondary N) is 1. The molecule has 18 heavy (non-hydrogen) atoms. The van der Waals surface area contributed by atoms with Gasteiger partial charge in [-0.15, -0.1) is 0 Å². The Hall–Kier alpha value is -1.07. The Morgan fingerprint density at radius 3 is 2.72 bits per heavy atom. The van der Waals surface area contributed by atoms with E-state index in [0.717, 1.165) is 4.47 Å². The van der Waals surface area contributed by atoms with Crippen LogP contribution in [0.4, 0.5) is 0 Å². The number of hydrogen-bond donors (Lipinski definition) is 2. The summed E-state index contributed by atoms with van der Waals surface area (Å²) in [6.07, 6.45) is 0. The number of carbonyl (C=O) groups excluding carboxylic acids is 1. The van der Waals surface area contributed by atoms with Crippen LogP contribution < -0.4 is 15.8 Å². The summed E-state index contributed by atoms with van der Waals surface area (Å²) < 4.78 is 6.05. The van der Waals surface area contributed by atoms with Gasteiger partial charge in [-0.1, -0.05) is 29.8 Å². The molecule has 0 radical (unpaired) electrons. The quantitative estimate of drug-likeness (QED) is 0.875. The standard InChI is InChI=1S/C13H19BrN2O2/c1-8(2)11(15)7-16-13(17)10-5-4-9(14)6-12(10)18-3/h4-6,8,11H,7,15H2,1-3H3,(H,16,17). The number of benzene rings is 1. The van der Waals surface area contributed by atoms with Gasteiger partial charge in [0.2, 0.25) is 0 Å². The van der Waals surface area contributed by atoms with Crippen molar-refractivity contribution in [3.63, 3.8) is 0 Å². The normalized spacial score (nSPS) is 12.3. The van der Waals surface area contributed by atoms with Crippen LogP contribution >= 0.6 is 15.9 Å². The fourth-order valence-corrected chi connectivity index (χ4v) is 1.73. The molecule has 0 aliphatic heterocycles. The van der Waals surface area contributed by atoms with Gasteiger partial charge in [0.15, 0.2) is 0 Å². The van der Waals surface area contributed by atoms with Gasteiger partial charge in [-0.05, 0) is 24.1 Å². The van der Waals surface area contributed by atoms with Crippen LogP contribution in [-0.4, -0.2) is 25.6 Å². The molecule has 0 saturated carbocycles. The molecule has 1 aromatic carbocycles. The average Bonchev–Trinajstić information content (AvgIpc) is 2.34. The van der Waals surface area contributed by atoms with Gasteiger partial charge in [-0.2, -0.15) is 0 Å². The predicted molar refractivity (Wildman–Crippen MR) is 75.8 cm³/mol. The van der Waals surface area contributed by atoms with E-state index in [4.69, 9.17) is 10.5 Å². The van der Waals surface area contributed by atoms with Gasteiger partial charge in [0.25, 0.3) is 5.91 Å². The van der Waals surface area contributed by atoms with E-state index in [0.29, 0.717) is 23.8 Å². The average molecular weight is 315 g/mol. The fraction of sp³-hybridized carbons (Fsp3) is 0.462. The second-order valence-corrected chi connectivity index (χ2v) is 5.38. The third-order valence-electron chi connectivity index (χ3n) is 2.76. The zero-order valence-electron chi connectivity index (χ0n) is 10.9. The van der Waals surface area contributed by atoms with Crippen LogP contribution in [0, 0.1) is 5.92 Å². The first-order valence-electron chi connectivity index (χ1n) is 5.83. The number of halogens is 1. The van der Waals surface area contributed by atoms with Crippen molar-refractivity contribution in [2.75, 3.05) is 13.7 Å². The number of methoxy groups -OCH3 is 1. The smallest absolute Gasteiger partial charge is 0.255 e. The molecule has 100 valence electrons. The van der Waals surface area contributed by atoms with Crippen molar-refractivity contribution < 1.29 is 9.53 Å². The molecule has 1 rings (SSSR count). The minimum Gasteiger partial charge on any atom is -0.496 e. The lowest BCUT2D eigenvalue weighted by molar-refractivity contribution is 0.0946. The second-order valence-electron chi connectivity index (χ2n) is 4.46. The summed E-state index contributed by atoms with van der Waals surface area (Å²) >= 11 is 3.34. The van der Waals surface area contributed by atoms with Crippen molar-refractivity contribution in [2.24, 2.45) is 11.7 Å². The number of hydrogen-bond acceptors (Lipinski definition) is 3. The van der Waals surface area contributed by atoms with E-state index < -0.39 is 0 Å². The van der Waals surface area contributed by atoms with Crippen LogP contribution in [0.15, 0.2) is 22.7 Å².